The average molecular weight is 348 g/mol. The van der Waals surface area contributed by atoms with Crippen LogP contribution in [0, 0.1) is 11.8 Å². The summed E-state index contributed by atoms with van der Waals surface area (Å²) in [5, 5.41) is 27.4. The van der Waals surface area contributed by atoms with Crippen molar-refractivity contribution in [3.05, 3.63) is 41.7 Å². The zero-order chi connectivity index (χ0) is 18.7. The van der Waals surface area contributed by atoms with Crippen LogP contribution in [-0.2, 0) is 4.79 Å². The van der Waals surface area contributed by atoms with Crippen molar-refractivity contribution in [2.75, 3.05) is 0 Å². The lowest BCUT2D eigenvalue weighted by Crippen LogP contribution is -2.38. The van der Waals surface area contributed by atoms with Crippen LogP contribution in [-0.4, -0.2) is 27.1 Å². The molecule has 25 heavy (non-hydrogen) atoms. The van der Waals surface area contributed by atoms with E-state index in [4.69, 9.17) is 5.11 Å². The van der Waals surface area contributed by atoms with E-state index in [1.54, 1.807) is 6.92 Å². The van der Waals surface area contributed by atoms with E-state index >= 15 is 0 Å². The Labute approximate surface area is 151 Å². The summed E-state index contributed by atoms with van der Waals surface area (Å²) in [6.07, 6.45) is 18.7. The fraction of sp³-hybridized carbons (Fsp3) is 0.619. The molecule has 0 spiro atoms. The van der Waals surface area contributed by atoms with Crippen LogP contribution in [0.2, 0.25) is 0 Å². The first-order valence-electron chi connectivity index (χ1n) is 9.29. The largest absolute Gasteiger partial charge is 0.477 e. The molecular weight excluding hydrogens is 316 g/mol. The number of aliphatic hydroxyl groups is 2. The number of aliphatic carboxylic acids is 1. The van der Waals surface area contributed by atoms with Gasteiger partial charge in [-0.1, -0.05) is 50.5 Å². The number of hydrogen-bond acceptors (Lipinski definition) is 3. The van der Waals surface area contributed by atoms with Gasteiger partial charge in [0, 0.05) is 6.42 Å². The Morgan fingerprint density at radius 1 is 1.32 bits per heavy atom. The maximum absolute atomic E-state index is 10.7. The van der Waals surface area contributed by atoms with Gasteiger partial charge in [-0.05, 0) is 56.1 Å². The molecule has 4 heteroatoms. The quantitative estimate of drug-likeness (QED) is 0.224. The number of allylic oxidation sites excluding steroid dienone is 4. The van der Waals surface area contributed by atoms with Crippen molar-refractivity contribution in [3.63, 3.8) is 0 Å². The van der Waals surface area contributed by atoms with Crippen LogP contribution in [0.1, 0.15) is 65.2 Å². The smallest absolute Gasteiger partial charge is 0.364 e. The highest BCUT2D eigenvalue weighted by Gasteiger charge is 2.33. The van der Waals surface area contributed by atoms with Crippen molar-refractivity contribution in [2.24, 2.45) is 11.8 Å². The molecule has 1 aliphatic rings. The van der Waals surface area contributed by atoms with Crippen molar-refractivity contribution < 1.29 is 20.1 Å². The van der Waals surface area contributed by atoms with E-state index in [0.29, 0.717) is 17.4 Å². The fourth-order valence-electron chi connectivity index (χ4n) is 3.02. The summed E-state index contributed by atoms with van der Waals surface area (Å²) in [7, 11) is 0. The van der Waals surface area contributed by atoms with Gasteiger partial charge >= 0.3 is 5.97 Å². The molecule has 4 nitrogen and oxygen atoms in total. The molecule has 140 valence electrons. The standard InChI is InChI=1S/C21H32O4/c1-3-4-5-6-7-8-12-18-14-10-15-19(18)13-9-11-17(2)16-21(24,25)20(22)23/h8-10,12,14,18-19,24-25H,3-7,13,15-16H2,1-2H3,(H,22,23)/t11?,18-,19-/m0/s1. The van der Waals surface area contributed by atoms with Gasteiger partial charge in [0.25, 0.3) is 5.79 Å². The van der Waals surface area contributed by atoms with Crippen molar-refractivity contribution in [3.8, 4) is 0 Å². The molecule has 0 radical (unpaired) electrons. The third-order valence-electron chi connectivity index (χ3n) is 4.55. The summed E-state index contributed by atoms with van der Waals surface area (Å²) in [6, 6.07) is 0. The molecule has 2 atom stereocenters. The summed E-state index contributed by atoms with van der Waals surface area (Å²) in [6.45, 7) is 3.87. The monoisotopic (exact) mass is 348 g/mol. The van der Waals surface area contributed by atoms with Crippen molar-refractivity contribution in [2.45, 2.75) is 71.0 Å². The molecule has 0 aliphatic heterocycles. The summed E-state index contributed by atoms with van der Waals surface area (Å²) >= 11 is 0. The number of hydrogen-bond donors (Lipinski definition) is 3. The van der Waals surface area contributed by atoms with Gasteiger partial charge in [-0.15, -0.1) is 5.73 Å². The third kappa shape index (κ3) is 8.35. The van der Waals surface area contributed by atoms with Gasteiger partial charge in [0.2, 0.25) is 0 Å². The Balaban J connectivity index is 2.46. The lowest BCUT2D eigenvalue weighted by molar-refractivity contribution is -0.202. The highest BCUT2D eigenvalue weighted by molar-refractivity contribution is 5.75. The molecule has 0 bridgehead atoms. The van der Waals surface area contributed by atoms with Gasteiger partial charge in [0.15, 0.2) is 0 Å². The molecule has 0 heterocycles. The number of carboxylic acid groups (broad SMARTS) is 1. The molecular formula is C21H32O4. The minimum Gasteiger partial charge on any atom is -0.477 e. The van der Waals surface area contributed by atoms with Crippen LogP contribution in [0.25, 0.3) is 0 Å². The van der Waals surface area contributed by atoms with Gasteiger partial charge < -0.3 is 15.3 Å². The van der Waals surface area contributed by atoms with Gasteiger partial charge in [0.05, 0.1) is 0 Å². The van der Waals surface area contributed by atoms with Crippen molar-refractivity contribution in [1.82, 2.24) is 0 Å². The van der Waals surface area contributed by atoms with Crippen LogP contribution in [0.4, 0.5) is 0 Å². The minimum absolute atomic E-state index is 0.344. The van der Waals surface area contributed by atoms with Gasteiger partial charge in [0.1, 0.15) is 0 Å². The van der Waals surface area contributed by atoms with Crippen LogP contribution >= 0.6 is 0 Å². The minimum atomic E-state index is -2.72. The average Bonchev–Trinajstić information content (AvgIpc) is 2.97. The lowest BCUT2D eigenvalue weighted by atomic mass is 9.91. The molecule has 3 N–H and O–H groups in total. The fourth-order valence-corrected chi connectivity index (χ4v) is 3.02. The molecule has 0 unspecified atom stereocenters. The molecule has 1 aliphatic carbocycles. The van der Waals surface area contributed by atoms with Crippen molar-refractivity contribution in [1.29, 1.82) is 0 Å². The normalized spacial score (nSPS) is 20.0. The number of carbonyl (C=O) groups is 1. The Bertz CT molecular complexity index is 536. The zero-order valence-electron chi connectivity index (χ0n) is 15.4. The van der Waals surface area contributed by atoms with E-state index in [1.165, 1.54) is 25.7 Å². The molecule has 1 rings (SSSR count). The maximum Gasteiger partial charge on any atom is 0.364 e. The number of unbranched alkanes of at least 4 members (excludes halogenated alkanes) is 4. The third-order valence-corrected chi connectivity index (χ3v) is 4.55. The Hall–Kier alpha value is -1.61. The molecule has 0 aromatic heterocycles. The zero-order valence-corrected chi connectivity index (χ0v) is 15.4. The molecule has 0 amide bonds. The Kier molecular flexibility index (Phi) is 9.51. The molecule has 0 saturated heterocycles. The lowest BCUT2D eigenvalue weighted by Gasteiger charge is -2.15. The van der Waals surface area contributed by atoms with Crippen LogP contribution in [0.15, 0.2) is 41.7 Å². The van der Waals surface area contributed by atoms with Crippen molar-refractivity contribution >= 4 is 5.97 Å². The topological polar surface area (TPSA) is 77.8 Å². The van der Waals surface area contributed by atoms with Crippen LogP contribution in [0.5, 0.6) is 0 Å². The first kappa shape index (κ1) is 21.4. The predicted molar refractivity (Wildman–Crippen MR) is 99.9 cm³/mol. The van der Waals surface area contributed by atoms with E-state index in [1.807, 2.05) is 6.08 Å². The summed E-state index contributed by atoms with van der Waals surface area (Å²) in [5.74, 6) is -3.42. The SMILES string of the molecule is CCCCCCC=C[C@H]1C=CC[C@@H]1CC=C=C(C)CC(O)(O)C(=O)O. The van der Waals surface area contributed by atoms with Gasteiger partial charge in [-0.3, -0.25) is 0 Å². The second-order valence-electron chi connectivity index (χ2n) is 6.94. The van der Waals surface area contributed by atoms with E-state index in [9.17, 15) is 15.0 Å². The molecule has 0 aromatic carbocycles. The second kappa shape index (κ2) is 11.1. The first-order valence-corrected chi connectivity index (χ1v) is 9.29. The Morgan fingerprint density at radius 3 is 2.76 bits per heavy atom. The van der Waals surface area contributed by atoms with Gasteiger partial charge in [-0.25, -0.2) is 4.79 Å². The van der Waals surface area contributed by atoms with E-state index < -0.39 is 11.8 Å². The molecule has 0 fully saturated rings. The summed E-state index contributed by atoms with van der Waals surface area (Å²) < 4.78 is 0. The van der Waals surface area contributed by atoms with E-state index in [-0.39, 0.29) is 6.42 Å². The van der Waals surface area contributed by atoms with E-state index in [2.05, 4.69) is 37.0 Å². The summed E-state index contributed by atoms with van der Waals surface area (Å²) in [5.41, 5.74) is 3.50. The predicted octanol–water partition coefficient (Wildman–Crippen LogP) is 4.35. The van der Waals surface area contributed by atoms with Crippen LogP contribution in [0.3, 0.4) is 0 Å². The van der Waals surface area contributed by atoms with E-state index in [0.717, 1.165) is 19.3 Å². The number of carboxylic acids is 1. The highest BCUT2D eigenvalue weighted by atomic mass is 16.5. The number of rotatable bonds is 11. The molecule has 0 aromatic rings. The highest BCUT2D eigenvalue weighted by Crippen LogP contribution is 2.30. The maximum atomic E-state index is 10.7. The second-order valence-corrected chi connectivity index (χ2v) is 6.94. The van der Waals surface area contributed by atoms with Crippen LogP contribution < -0.4 is 0 Å². The summed E-state index contributed by atoms with van der Waals surface area (Å²) in [4.78, 5) is 10.7. The van der Waals surface area contributed by atoms with Gasteiger partial charge in [-0.2, -0.15) is 0 Å². The first-order chi connectivity index (χ1) is 11.9. The molecule has 0 saturated carbocycles. The Morgan fingerprint density at radius 2 is 2.08 bits per heavy atom.